The van der Waals surface area contributed by atoms with Gasteiger partial charge in [-0.2, -0.15) is 0 Å². The Balaban J connectivity index is 1.59. The monoisotopic (exact) mass is 304 g/mol. The van der Waals surface area contributed by atoms with E-state index in [4.69, 9.17) is 0 Å². The Morgan fingerprint density at radius 1 is 1.14 bits per heavy atom. The molecule has 3 heterocycles. The fourth-order valence-electron chi connectivity index (χ4n) is 3.00. The van der Waals surface area contributed by atoms with Crippen molar-refractivity contribution >= 4 is 17.7 Å². The molecule has 7 nitrogen and oxygen atoms in total. The minimum atomic E-state index is -0.389. The van der Waals surface area contributed by atoms with Gasteiger partial charge < -0.3 is 20.1 Å². The molecule has 3 amide bonds. The van der Waals surface area contributed by atoms with E-state index in [9.17, 15) is 14.4 Å². The number of nitrogens with zero attached hydrogens (tertiary/aromatic N) is 2. The van der Waals surface area contributed by atoms with Gasteiger partial charge in [-0.25, -0.2) is 0 Å². The summed E-state index contributed by atoms with van der Waals surface area (Å²) in [4.78, 5) is 42.4. The van der Waals surface area contributed by atoms with Crippen molar-refractivity contribution in [1.29, 1.82) is 0 Å². The standard InChI is InChI=1S/C15H20N4O3/c20-13-3-2-12(17-13)15(22)19-7-1-6-18(8-9-19)14(21)11-4-5-16-10-11/h4-5,10,12,16H,1-3,6-9H2,(H,17,20). The lowest BCUT2D eigenvalue weighted by molar-refractivity contribution is -0.134. The maximum absolute atomic E-state index is 12.4. The number of carbonyl (C=O) groups excluding carboxylic acids is 3. The smallest absolute Gasteiger partial charge is 0.255 e. The third-order valence-corrected chi connectivity index (χ3v) is 4.23. The highest BCUT2D eigenvalue weighted by molar-refractivity contribution is 5.94. The van der Waals surface area contributed by atoms with Gasteiger partial charge in [-0.1, -0.05) is 0 Å². The Kier molecular flexibility index (Phi) is 4.13. The molecule has 0 aliphatic carbocycles. The lowest BCUT2D eigenvalue weighted by Gasteiger charge is -2.24. The van der Waals surface area contributed by atoms with E-state index in [1.54, 1.807) is 28.3 Å². The molecule has 0 spiro atoms. The van der Waals surface area contributed by atoms with Gasteiger partial charge in [-0.05, 0) is 18.9 Å². The second-order valence-electron chi connectivity index (χ2n) is 5.73. The summed E-state index contributed by atoms with van der Waals surface area (Å²) < 4.78 is 0. The van der Waals surface area contributed by atoms with Crippen LogP contribution in [0.1, 0.15) is 29.6 Å². The molecule has 22 heavy (non-hydrogen) atoms. The molecule has 0 saturated carbocycles. The van der Waals surface area contributed by atoms with E-state index in [1.807, 2.05) is 0 Å². The van der Waals surface area contributed by atoms with Crippen molar-refractivity contribution < 1.29 is 14.4 Å². The van der Waals surface area contributed by atoms with E-state index in [1.165, 1.54) is 0 Å². The molecule has 1 unspecified atom stereocenters. The van der Waals surface area contributed by atoms with Crippen molar-refractivity contribution in [2.75, 3.05) is 26.2 Å². The number of H-pyrrole nitrogens is 1. The van der Waals surface area contributed by atoms with Crippen molar-refractivity contribution in [3.63, 3.8) is 0 Å². The average molecular weight is 304 g/mol. The summed E-state index contributed by atoms with van der Waals surface area (Å²) in [7, 11) is 0. The Hall–Kier alpha value is -2.31. The fourth-order valence-corrected chi connectivity index (χ4v) is 3.00. The number of aromatic amines is 1. The maximum Gasteiger partial charge on any atom is 0.255 e. The molecule has 0 aromatic carbocycles. The summed E-state index contributed by atoms with van der Waals surface area (Å²) in [5, 5.41) is 2.71. The summed E-state index contributed by atoms with van der Waals surface area (Å²) in [6.07, 6.45) is 5.15. The zero-order valence-corrected chi connectivity index (χ0v) is 12.4. The molecule has 118 valence electrons. The van der Waals surface area contributed by atoms with Gasteiger partial charge in [0.25, 0.3) is 5.91 Å². The normalized spacial score (nSPS) is 22.4. The lowest BCUT2D eigenvalue weighted by Crippen LogP contribution is -2.46. The third kappa shape index (κ3) is 2.98. The summed E-state index contributed by atoms with van der Waals surface area (Å²) in [6.45, 7) is 2.31. The van der Waals surface area contributed by atoms with Gasteiger partial charge in [-0.3, -0.25) is 14.4 Å². The van der Waals surface area contributed by atoms with Crippen LogP contribution in [-0.4, -0.2) is 64.7 Å². The molecule has 2 aliphatic rings. The number of hydrogen-bond donors (Lipinski definition) is 2. The van der Waals surface area contributed by atoms with Gasteiger partial charge >= 0.3 is 0 Å². The van der Waals surface area contributed by atoms with Gasteiger partial charge in [0.15, 0.2) is 0 Å². The topological polar surface area (TPSA) is 85.5 Å². The molecule has 2 aliphatic heterocycles. The van der Waals surface area contributed by atoms with Crippen molar-refractivity contribution in [3.8, 4) is 0 Å². The van der Waals surface area contributed by atoms with E-state index in [0.717, 1.165) is 6.42 Å². The van der Waals surface area contributed by atoms with E-state index in [-0.39, 0.29) is 23.8 Å². The quantitative estimate of drug-likeness (QED) is 0.804. The molecule has 1 aromatic heterocycles. The molecule has 1 aromatic rings. The van der Waals surface area contributed by atoms with Crippen LogP contribution in [0.25, 0.3) is 0 Å². The Bertz CT molecular complexity index is 569. The Morgan fingerprint density at radius 2 is 1.91 bits per heavy atom. The molecule has 0 bridgehead atoms. The second kappa shape index (κ2) is 6.21. The number of nitrogens with one attached hydrogen (secondary N) is 2. The van der Waals surface area contributed by atoms with Crippen LogP contribution in [0.5, 0.6) is 0 Å². The van der Waals surface area contributed by atoms with Crippen molar-refractivity contribution in [3.05, 3.63) is 24.0 Å². The Morgan fingerprint density at radius 3 is 2.59 bits per heavy atom. The molecule has 3 rings (SSSR count). The van der Waals surface area contributed by atoms with Crippen LogP contribution >= 0.6 is 0 Å². The third-order valence-electron chi connectivity index (χ3n) is 4.23. The number of amides is 3. The van der Waals surface area contributed by atoms with Gasteiger partial charge in [0.05, 0.1) is 5.56 Å². The predicted molar refractivity (Wildman–Crippen MR) is 79.1 cm³/mol. The molecule has 1 atom stereocenters. The largest absolute Gasteiger partial charge is 0.367 e. The minimum absolute atomic E-state index is 0.00952. The SMILES string of the molecule is O=C1CCC(C(=O)N2CCCN(C(=O)c3cc[nH]c3)CC2)N1. The highest BCUT2D eigenvalue weighted by Gasteiger charge is 2.32. The van der Waals surface area contributed by atoms with E-state index < -0.39 is 0 Å². The first-order valence-corrected chi connectivity index (χ1v) is 7.65. The van der Waals surface area contributed by atoms with Gasteiger partial charge in [0, 0.05) is 45.0 Å². The van der Waals surface area contributed by atoms with Crippen LogP contribution in [0.3, 0.4) is 0 Å². The number of hydrogen-bond acceptors (Lipinski definition) is 3. The van der Waals surface area contributed by atoms with Gasteiger partial charge in [0.1, 0.15) is 6.04 Å². The van der Waals surface area contributed by atoms with Crippen molar-refractivity contribution in [2.24, 2.45) is 0 Å². The number of carbonyl (C=O) groups is 3. The fraction of sp³-hybridized carbons (Fsp3) is 0.533. The highest BCUT2D eigenvalue weighted by atomic mass is 16.2. The zero-order chi connectivity index (χ0) is 15.5. The molecule has 2 N–H and O–H groups in total. The highest BCUT2D eigenvalue weighted by Crippen LogP contribution is 2.13. The molecule has 2 saturated heterocycles. The first kappa shape index (κ1) is 14.6. The molecule has 7 heteroatoms. The Labute approximate surface area is 128 Å². The van der Waals surface area contributed by atoms with Crippen molar-refractivity contribution in [1.82, 2.24) is 20.1 Å². The summed E-state index contributed by atoms with van der Waals surface area (Å²) in [6, 6.07) is 1.36. The summed E-state index contributed by atoms with van der Waals surface area (Å²) in [5.41, 5.74) is 0.642. The van der Waals surface area contributed by atoms with Gasteiger partial charge in [0.2, 0.25) is 11.8 Å². The number of rotatable bonds is 2. The molecular formula is C15H20N4O3. The number of aromatic nitrogens is 1. The van der Waals surface area contributed by atoms with Crippen LogP contribution in [0.4, 0.5) is 0 Å². The van der Waals surface area contributed by atoms with Crippen LogP contribution in [-0.2, 0) is 9.59 Å². The van der Waals surface area contributed by atoms with E-state index in [2.05, 4.69) is 10.3 Å². The van der Waals surface area contributed by atoms with Crippen LogP contribution < -0.4 is 5.32 Å². The van der Waals surface area contributed by atoms with E-state index >= 15 is 0 Å². The minimum Gasteiger partial charge on any atom is -0.367 e. The zero-order valence-electron chi connectivity index (χ0n) is 12.4. The summed E-state index contributed by atoms with van der Waals surface area (Å²) >= 11 is 0. The van der Waals surface area contributed by atoms with Gasteiger partial charge in [-0.15, -0.1) is 0 Å². The summed E-state index contributed by atoms with van der Waals surface area (Å²) in [5.74, 6) is -0.0936. The predicted octanol–water partition coefficient (Wildman–Crippen LogP) is -0.0322. The molecular weight excluding hydrogens is 284 g/mol. The van der Waals surface area contributed by atoms with Crippen LogP contribution in [0.15, 0.2) is 18.5 Å². The van der Waals surface area contributed by atoms with Crippen molar-refractivity contribution in [2.45, 2.75) is 25.3 Å². The first-order valence-electron chi connectivity index (χ1n) is 7.65. The second-order valence-corrected chi connectivity index (χ2v) is 5.73. The lowest BCUT2D eigenvalue weighted by atomic mass is 10.2. The van der Waals surface area contributed by atoms with Crippen LogP contribution in [0, 0.1) is 0 Å². The van der Waals surface area contributed by atoms with Crippen LogP contribution in [0.2, 0.25) is 0 Å². The van der Waals surface area contributed by atoms with E-state index in [0.29, 0.717) is 44.6 Å². The molecule has 2 fully saturated rings. The maximum atomic E-state index is 12.4. The first-order chi connectivity index (χ1) is 10.6. The molecule has 0 radical (unpaired) electrons. The average Bonchev–Trinajstić information content (AvgIpc) is 3.13.